The number of nitrogens with zero attached hydrogens (tertiary/aromatic N) is 2. The predicted octanol–water partition coefficient (Wildman–Crippen LogP) is 0.372. The average molecular weight is 275 g/mol. The lowest BCUT2D eigenvalue weighted by Crippen LogP contribution is -2.41. The fraction of sp³-hybridized carbons (Fsp3) is 0.600. The van der Waals surface area contributed by atoms with Crippen molar-refractivity contribution < 1.29 is 17.9 Å². The Kier molecular flexibility index (Phi) is 4.85. The van der Waals surface area contributed by atoms with E-state index in [9.17, 15) is 13.2 Å². The maximum atomic E-state index is 12.2. The van der Waals surface area contributed by atoms with Crippen molar-refractivity contribution in [2.45, 2.75) is 31.7 Å². The summed E-state index contributed by atoms with van der Waals surface area (Å²) in [6.45, 7) is 4.96. The molecule has 8 heteroatoms. The van der Waals surface area contributed by atoms with Crippen molar-refractivity contribution in [1.29, 1.82) is 0 Å². The summed E-state index contributed by atoms with van der Waals surface area (Å²) in [4.78, 5) is 11.5. The summed E-state index contributed by atoms with van der Waals surface area (Å²) >= 11 is 0. The summed E-state index contributed by atoms with van der Waals surface area (Å²) in [5.74, 6) is -0.571. The molecule has 0 aliphatic carbocycles. The van der Waals surface area contributed by atoms with Gasteiger partial charge in [0, 0.05) is 12.2 Å². The molecular formula is C10H17N3O4S. The number of hydrogen-bond donors (Lipinski definition) is 1. The molecule has 0 radical (unpaired) electrons. The molecule has 7 nitrogen and oxygen atoms in total. The summed E-state index contributed by atoms with van der Waals surface area (Å²) in [6, 6.07) is -0.352. The van der Waals surface area contributed by atoms with E-state index in [4.69, 9.17) is 4.74 Å². The van der Waals surface area contributed by atoms with Crippen LogP contribution in [-0.2, 0) is 19.6 Å². The fourth-order valence-electron chi connectivity index (χ4n) is 1.39. The molecular weight excluding hydrogens is 258 g/mol. The third-order valence-corrected chi connectivity index (χ3v) is 4.23. The number of hydrogen-bond acceptors (Lipinski definition) is 5. The zero-order valence-electron chi connectivity index (χ0n) is 10.6. The topological polar surface area (TPSA) is 92.4 Å². The number of rotatable bonds is 6. The maximum absolute atomic E-state index is 12.2. The van der Waals surface area contributed by atoms with Crippen LogP contribution in [0.15, 0.2) is 17.3 Å². The van der Waals surface area contributed by atoms with Crippen LogP contribution in [0.25, 0.3) is 0 Å². The van der Waals surface area contributed by atoms with Crippen LogP contribution in [0.5, 0.6) is 0 Å². The molecule has 0 aliphatic heterocycles. The van der Waals surface area contributed by atoms with Crippen LogP contribution in [0.3, 0.4) is 0 Å². The number of ether oxygens (including phenoxy) is 1. The molecule has 0 aromatic carbocycles. The van der Waals surface area contributed by atoms with Gasteiger partial charge in [0.2, 0.25) is 10.0 Å². The summed E-state index contributed by atoms with van der Waals surface area (Å²) in [7, 11) is -3.73. The quantitative estimate of drug-likeness (QED) is 0.757. The van der Waals surface area contributed by atoms with E-state index in [1.807, 2.05) is 0 Å². The highest BCUT2D eigenvalue weighted by molar-refractivity contribution is 7.89. The Morgan fingerprint density at radius 2 is 2.22 bits per heavy atom. The van der Waals surface area contributed by atoms with Gasteiger partial charge in [-0.1, -0.05) is 0 Å². The standard InChI is InChI=1S/C10H17N3O4S/c1-4-17-10(14)7-13(8(2)3)18(15,16)9-5-11-12-6-9/h5-6,8H,4,7H2,1-3H3,(H,11,12). The highest BCUT2D eigenvalue weighted by Gasteiger charge is 2.30. The number of carbonyl (C=O) groups is 1. The number of sulfonamides is 1. The lowest BCUT2D eigenvalue weighted by atomic mass is 10.4. The molecule has 1 aromatic heterocycles. The molecule has 0 bridgehead atoms. The van der Waals surface area contributed by atoms with Crippen molar-refractivity contribution in [2.75, 3.05) is 13.2 Å². The Hall–Kier alpha value is -1.41. The molecule has 18 heavy (non-hydrogen) atoms. The van der Waals surface area contributed by atoms with Gasteiger partial charge in [0.15, 0.2) is 0 Å². The second-order valence-electron chi connectivity index (χ2n) is 3.88. The number of H-pyrrole nitrogens is 1. The predicted molar refractivity (Wildman–Crippen MR) is 64.2 cm³/mol. The largest absolute Gasteiger partial charge is 0.465 e. The lowest BCUT2D eigenvalue weighted by Gasteiger charge is -2.23. The third kappa shape index (κ3) is 3.30. The molecule has 0 fully saturated rings. The number of esters is 1. The van der Waals surface area contributed by atoms with Crippen molar-refractivity contribution in [1.82, 2.24) is 14.5 Å². The zero-order chi connectivity index (χ0) is 13.8. The first kappa shape index (κ1) is 14.7. The maximum Gasteiger partial charge on any atom is 0.321 e. The van der Waals surface area contributed by atoms with Gasteiger partial charge in [-0.25, -0.2) is 8.42 Å². The number of aromatic nitrogens is 2. The van der Waals surface area contributed by atoms with Crippen LogP contribution in [-0.4, -0.2) is 48.1 Å². The van der Waals surface area contributed by atoms with Crippen LogP contribution in [0, 0.1) is 0 Å². The minimum atomic E-state index is -3.73. The van der Waals surface area contributed by atoms with Crippen molar-refractivity contribution in [3.63, 3.8) is 0 Å². The van der Waals surface area contributed by atoms with Gasteiger partial charge in [-0.3, -0.25) is 9.89 Å². The van der Waals surface area contributed by atoms with E-state index in [2.05, 4.69) is 10.2 Å². The van der Waals surface area contributed by atoms with E-state index in [1.165, 1.54) is 12.4 Å². The normalized spacial score (nSPS) is 12.1. The molecule has 1 rings (SSSR count). The average Bonchev–Trinajstić information content (AvgIpc) is 2.79. The van der Waals surface area contributed by atoms with Gasteiger partial charge in [0.05, 0.1) is 12.8 Å². The summed E-state index contributed by atoms with van der Waals surface area (Å²) in [6.07, 6.45) is 2.48. The molecule has 0 atom stereocenters. The summed E-state index contributed by atoms with van der Waals surface area (Å²) in [5, 5.41) is 6.03. The van der Waals surface area contributed by atoms with Crippen LogP contribution in [0.1, 0.15) is 20.8 Å². The number of nitrogens with one attached hydrogen (secondary N) is 1. The fourth-order valence-corrected chi connectivity index (χ4v) is 2.88. The minimum absolute atomic E-state index is 0.0282. The Bertz CT molecular complexity index is 481. The first-order valence-corrected chi connectivity index (χ1v) is 6.99. The zero-order valence-corrected chi connectivity index (χ0v) is 11.4. The van der Waals surface area contributed by atoms with E-state index in [1.54, 1.807) is 20.8 Å². The third-order valence-electron chi connectivity index (χ3n) is 2.25. The van der Waals surface area contributed by atoms with Crippen molar-refractivity contribution in [2.24, 2.45) is 0 Å². The Balaban J connectivity index is 2.96. The van der Waals surface area contributed by atoms with Crippen LogP contribution < -0.4 is 0 Å². The Labute approximate surface area is 106 Å². The molecule has 1 heterocycles. The molecule has 0 spiro atoms. The van der Waals surface area contributed by atoms with E-state index in [-0.39, 0.29) is 24.1 Å². The smallest absolute Gasteiger partial charge is 0.321 e. The van der Waals surface area contributed by atoms with Crippen LogP contribution in [0.2, 0.25) is 0 Å². The van der Waals surface area contributed by atoms with E-state index in [0.29, 0.717) is 0 Å². The molecule has 1 N–H and O–H groups in total. The van der Waals surface area contributed by atoms with Gasteiger partial charge in [0.1, 0.15) is 11.4 Å². The second-order valence-corrected chi connectivity index (χ2v) is 5.77. The highest BCUT2D eigenvalue weighted by Crippen LogP contribution is 2.16. The van der Waals surface area contributed by atoms with E-state index in [0.717, 1.165) is 4.31 Å². The minimum Gasteiger partial charge on any atom is -0.465 e. The Morgan fingerprint density at radius 1 is 1.56 bits per heavy atom. The van der Waals surface area contributed by atoms with Crippen molar-refractivity contribution in [3.05, 3.63) is 12.4 Å². The number of carbonyl (C=O) groups excluding carboxylic acids is 1. The van der Waals surface area contributed by atoms with E-state index < -0.39 is 16.0 Å². The van der Waals surface area contributed by atoms with Gasteiger partial charge < -0.3 is 4.74 Å². The number of aromatic amines is 1. The van der Waals surface area contributed by atoms with E-state index >= 15 is 0 Å². The van der Waals surface area contributed by atoms with Gasteiger partial charge in [-0.2, -0.15) is 9.40 Å². The first-order valence-electron chi connectivity index (χ1n) is 5.55. The summed E-state index contributed by atoms with van der Waals surface area (Å²) in [5.41, 5.74) is 0. The molecule has 1 aromatic rings. The molecule has 0 amide bonds. The van der Waals surface area contributed by atoms with Gasteiger partial charge in [-0.05, 0) is 20.8 Å². The molecule has 0 saturated carbocycles. The van der Waals surface area contributed by atoms with Crippen LogP contribution in [0.4, 0.5) is 0 Å². The molecule has 0 unspecified atom stereocenters. The molecule has 102 valence electrons. The van der Waals surface area contributed by atoms with Crippen molar-refractivity contribution >= 4 is 16.0 Å². The van der Waals surface area contributed by atoms with Crippen LogP contribution >= 0.6 is 0 Å². The highest BCUT2D eigenvalue weighted by atomic mass is 32.2. The summed E-state index contributed by atoms with van der Waals surface area (Å²) < 4.78 is 30.3. The first-order chi connectivity index (χ1) is 8.39. The van der Waals surface area contributed by atoms with Gasteiger partial charge in [-0.15, -0.1) is 0 Å². The lowest BCUT2D eigenvalue weighted by molar-refractivity contribution is -0.143. The van der Waals surface area contributed by atoms with Gasteiger partial charge >= 0.3 is 5.97 Å². The second kappa shape index (κ2) is 5.96. The molecule has 0 saturated heterocycles. The molecule has 0 aliphatic rings. The van der Waals surface area contributed by atoms with Crippen molar-refractivity contribution in [3.8, 4) is 0 Å². The monoisotopic (exact) mass is 275 g/mol. The Morgan fingerprint density at radius 3 is 2.67 bits per heavy atom. The SMILES string of the molecule is CCOC(=O)CN(C(C)C)S(=O)(=O)c1cn[nH]c1. The van der Waals surface area contributed by atoms with Gasteiger partial charge in [0.25, 0.3) is 0 Å².